The van der Waals surface area contributed by atoms with Gasteiger partial charge in [-0.05, 0) is 10.8 Å². The Morgan fingerprint density at radius 3 is 2.26 bits per heavy atom. The summed E-state index contributed by atoms with van der Waals surface area (Å²) in [7, 11) is 0. The lowest BCUT2D eigenvalue weighted by Gasteiger charge is -2.39. The van der Waals surface area contributed by atoms with E-state index in [4.69, 9.17) is 0 Å². The maximum Gasteiger partial charge on any atom is 0.221 e. The van der Waals surface area contributed by atoms with E-state index >= 15 is 0 Å². The van der Waals surface area contributed by atoms with Crippen LogP contribution in [0.25, 0.3) is 0 Å². The molecule has 112 valence electrons. The van der Waals surface area contributed by atoms with Gasteiger partial charge in [0, 0.05) is 45.7 Å². The minimum Gasteiger partial charge on any atom is -0.356 e. The lowest BCUT2D eigenvalue weighted by Crippen LogP contribution is -2.45. The topological polar surface area (TPSA) is 44.4 Å². The zero-order valence-electron chi connectivity index (χ0n) is 13.3. The number of hydrogen-bond acceptors (Lipinski definition) is 3. The first-order valence-corrected chi connectivity index (χ1v) is 7.42. The minimum atomic E-state index is 0.109. The van der Waals surface area contributed by atoms with Crippen LogP contribution >= 0.6 is 0 Å². The van der Waals surface area contributed by atoms with Crippen LogP contribution in [0.2, 0.25) is 0 Å². The molecule has 1 aliphatic rings. The highest BCUT2D eigenvalue weighted by Gasteiger charge is 2.32. The largest absolute Gasteiger partial charge is 0.356 e. The predicted octanol–water partition coefficient (Wildman–Crippen LogP) is 1.47. The Kier molecular flexibility index (Phi) is 5.81. The number of amides is 1. The van der Waals surface area contributed by atoms with E-state index in [1.165, 1.54) is 0 Å². The lowest BCUT2D eigenvalue weighted by atomic mass is 9.69. The monoisotopic (exact) mass is 269 g/mol. The van der Waals surface area contributed by atoms with Gasteiger partial charge in [0.05, 0.1) is 0 Å². The number of carbonyl (C=O) groups is 1. The van der Waals surface area contributed by atoms with Crippen molar-refractivity contribution in [1.29, 1.82) is 0 Å². The van der Waals surface area contributed by atoms with Crippen LogP contribution in [0, 0.1) is 10.8 Å². The van der Waals surface area contributed by atoms with Gasteiger partial charge in [0.2, 0.25) is 5.91 Å². The molecule has 0 aromatic rings. The average molecular weight is 269 g/mol. The Morgan fingerprint density at radius 1 is 1.16 bits per heavy atom. The fourth-order valence-electron chi connectivity index (χ4n) is 1.87. The second kappa shape index (κ2) is 6.71. The SMILES string of the molecule is CC(C)(C)C(C)(C)CNC(=O)CCN1CCNCC1. The quantitative estimate of drug-likeness (QED) is 0.794. The molecule has 1 heterocycles. The van der Waals surface area contributed by atoms with Gasteiger partial charge in [-0.25, -0.2) is 0 Å². The molecule has 0 aromatic heterocycles. The van der Waals surface area contributed by atoms with Crippen molar-refractivity contribution in [2.24, 2.45) is 10.8 Å². The molecule has 0 radical (unpaired) electrons. The molecule has 0 saturated carbocycles. The molecule has 0 aliphatic carbocycles. The number of carbonyl (C=O) groups excluding carboxylic acids is 1. The Hall–Kier alpha value is -0.610. The first-order chi connectivity index (χ1) is 8.72. The molecule has 19 heavy (non-hydrogen) atoms. The van der Waals surface area contributed by atoms with E-state index in [1.807, 2.05) is 0 Å². The van der Waals surface area contributed by atoms with Crippen LogP contribution in [0.15, 0.2) is 0 Å². The van der Waals surface area contributed by atoms with E-state index < -0.39 is 0 Å². The van der Waals surface area contributed by atoms with Crippen molar-refractivity contribution >= 4 is 5.91 Å². The molecule has 0 aromatic carbocycles. The van der Waals surface area contributed by atoms with Crippen LogP contribution < -0.4 is 10.6 Å². The van der Waals surface area contributed by atoms with Crippen molar-refractivity contribution < 1.29 is 4.79 Å². The summed E-state index contributed by atoms with van der Waals surface area (Å²) in [5.74, 6) is 0.177. The van der Waals surface area contributed by atoms with Crippen LogP contribution in [-0.4, -0.2) is 50.1 Å². The van der Waals surface area contributed by atoms with Crippen molar-refractivity contribution in [2.75, 3.05) is 39.3 Å². The third kappa shape index (κ3) is 5.49. The molecule has 2 N–H and O–H groups in total. The van der Waals surface area contributed by atoms with Gasteiger partial charge in [0.25, 0.3) is 0 Å². The number of nitrogens with one attached hydrogen (secondary N) is 2. The average Bonchev–Trinajstić information content (AvgIpc) is 2.34. The lowest BCUT2D eigenvalue weighted by molar-refractivity contribution is -0.122. The Morgan fingerprint density at radius 2 is 1.74 bits per heavy atom. The van der Waals surface area contributed by atoms with Crippen molar-refractivity contribution in [3.05, 3.63) is 0 Å². The molecular formula is C15H31N3O. The smallest absolute Gasteiger partial charge is 0.221 e. The van der Waals surface area contributed by atoms with Crippen molar-refractivity contribution in [1.82, 2.24) is 15.5 Å². The summed E-state index contributed by atoms with van der Waals surface area (Å²) in [6.07, 6.45) is 0.611. The summed E-state index contributed by atoms with van der Waals surface area (Å²) < 4.78 is 0. The number of piperazine rings is 1. The maximum atomic E-state index is 11.9. The van der Waals surface area contributed by atoms with E-state index in [0.717, 1.165) is 39.3 Å². The van der Waals surface area contributed by atoms with E-state index in [9.17, 15) is 4.79 Å². The number of rotatable bonds is 5. The van der Waals surface area contributed by atoms with E-state index in [1.54, 1.807) is 0 Å². The predicted molar refractivity (Wildman–Crippen MR) is 80.2 cm³/mol. The van der Waals surface area contributed by atoms with Crippen LogP contribution in [0.5, 0.6) is 0 Å². The highest BCUT2D eigenvalue weighted by Crippen LogP contribution is 2.36. The second-order valence-electron chi connectivity index (χ2n) is 7.25. The molecule has 1 fully saturated rings. The Balaban J connectivity index is 2.24. The van der Waals surface area contributed by atoms with Gasteiger partial charge in [-0.2, -0.15) is 0 Å². The van der Waals surface area contributed by atoms with Crippen LogP contribution in [0.3, 0.4) is 0 Å². The van der Waals surface area contributed by atoms with E-state index in [2.05, 4.69) is 50.2 Å². The molecule has 1 rings (SSSR count). The summed E-state index contributed by atoms with van der Waals surface area (Å²) in [6, 6.07) is 0. The van der Waals surface area contributed by atoms with Crippen LogP contribution in [-0.2, 0) is 4.79 Å². The second-order valence-corrected chi connectivity index (χ2v) is 7.25. The first-order valence-electron chi connectivity index (χ1n) is 7.42. The normalized spacial score (nSPS) is 18.4. The van der Waals surface area contributed by atoms with Crippen molar-refractivity contribution in [3.8, 4) is 0 Å². The Labute approximate surface area is 118 Å². The van der Waals surface area contributed by atoms with Gasteiger partial charge in [0.1, 0.15) is 0 Å². The Bertz CT molecular complexity index is 288. The maximum absolute atomic E-state index is 11.9. The molecule has 4 nitrogen and oxygen atoms in total. The standard InChI is InChI=1S/C15H31N3O/c1-14(2,3)15(4,5)12-17-13(19)6-9-18-10-7-16-8-11-18/h16H,6-12H2,1-5H3,(H,17,19). The fraction of sp³-hybridized carbons (Fsp3) is 0.933. The van der Waals surface area contributed by atoms with Gasteiger partial charge in [-0.1, -0.05) is 34.6 Å². The van der Waals surface area contributed by atoms with Gasteiger partial charge >= 0.3 is 0 Å². The van der Waals surface area contributed by atoms with Crippen molar-refractivity contribution in [2.45, 2.75) is 41.0 Å². The van der Waals surface area contributed by atoms with E-state index in [0.29, 0.717) is 6.42 Å². The summed E-state index contributed by atoms with van der Waals surface area (Å²) in [5.41, 5.74) is 0.302. The van der Waals surface area contributed by atoms with Crippen molar-refractivity contribution in [3.63, 3.8) is 0 Å². The minimum absolute atomic E-state index is 0.109. The number of nitrogens with zero attached hydrogens (tertiary/aromatic N) is 1. The summed E-state index contributed by atoms with van der Waals surface area (Å²) in [5, 5.41) is 6.41. The third-order valence-electron chi connectivity index (χ3n) is 4.62. The molecular weight excluding hydrogens is 238 g/mol. The van der Waals surface area contributed by atoms with Gasteiger partial charge < -0.3 is 15.5 Å². The van der Waals surface area contributed by atoms with Crippen LogP contribution in [0.1, 0.15) is 41.0 Å². The first kappa shape index (κ1) is 16.4. The third-order valence-corrected chi connectivity index (χ3v) is 4.62. The molecule has 0 bridgehead atoms. The summed E-state index contributed by atoms with van der Waals surface area (Å²) >= 11 is 0. The number of hydrogen-bond donors (Lipinski definition) is 2. The highest BCUT2D eigenvalue weighted by molar-refractivity contribution is 5.76. The molecule has 4 heteroatoms. The zero-order chi connectivity index (χ0) is 14.5. The summed E-state index contributed by atoms with van der Waals surface area (Å²) in [4.78, 5) is 14.3. The van der Waals surface area contributed by atoms with Gasteiger partial charge in [-0.3, -0.25) is 4.79 Å². The molecule has 1 saturated heterocycles. The highest BCUT2D eigenvalue weighted by atomic mass is 16.1. The molecule has 1 amide bonds. The molecule has 0 atom stereocenters. The van der Waals surface area contributed by atoms with Crippen LogP contribution in [0.4, 0.5) is 0 Å². The zero-order valence-corrected chi connectivity index (χ0v) is 13.3. The molecule has 0 spiro atoms. The van der Waals surface area contributed by atoms with Gasteiger partial charge in [-0.15, -0.1) is 0 Å². The fourth-order valence-corrected chi connectivity index (χ4v) is 1.87. The van der Waals surface area contributed by atoms with E-state index in [-0.39, 0.29) is 16.7 Å². The van der Waals surface area contributed by atoms with Gasteiger partial charge in [0.15, 0.2) is 0 Å². The molecule has 0 unspecified atom stereocenters. The summed E-state index contributed by atoms with van der Waals surface area (Å²) in [6.45, 7) is 16.9. The molecule has 1 aliphatic heterocycles.